The summed E-state index contributed by atoms with van der Waals surface area (Å²) < 4.78 is 1.91. The number of hydrogen-bond donors (Lipinski definition) is 1. The summed E-state index contributed by atoms with van der Waals surface area (Å²) in [5, 5.41) is 8.17. The molecule has 17 heavy (non-hydrogen) atoms. The summed E-state index contributed by atoms with van der Waals surface area (Å²) >= 11 is 6.12. The fraction of sp³-hybridized carbons (Fsp3) is 0.333. The number of aromatic nitrogens is 3. The van der Waals surface area contributed by atoms with Crippen molar-refractivity contribution in [3.63, 3.8) is 0 Å². The van der Waals surface area contributed by atoms with Crippen LogP contribution in [0.3, 0.4) is 0 Å². The van der Waals surface area contributed by atoms with Crippen LogP contribution in [0.1, 0.15) is 17.0 Å². The molecule has 90 valence electrons. The molecule has 2 rings (SSSR count). The number of anilines is 1. The second-order valence-corrected chi connectivity index (χ2v) is 4.32. The highest BCUT2D eigenvalue weighted by Crippen LogP contribution is 2.20. The topological polar surface area (TPSA) is 42.7 Å². The van der Waals surface area contributed by atoms with Crippen molar-refractivity contribution in [1.82, 2.24) is 14.8 Å². The minimum atomic E-state index is 0.705. The molecule has 4 nitrogen and oxygen atoms in total. The quantitative estimate of drug-likeness (QED) is 0.911. The molecule has 0 unspecified atom stereocenters. The number of rotatable bonds is 3. The van der Waals surface area contributed by atoms with Crippen LogP contribution in [0.4, 0.5) is 5.82 Å². The first-order chi connectivity index (χ1) is 8.11. The lowest BCUT2D eigenvalue weighted by Gasteiger charge is -2.06. The van der Waals surface area contributed by atoms with Crippen molar-refractivity contribution in [1.29, 1.82) is 0 Å². The lowest BCUT2D eigenvalue weighted by molar-refractivity contribution is 0.658. The Morgan fingerprint density at radius 3 is 2.76 bits per heavy atom. The van der Waals surface area contributed by atoms with E-state index in [1.807, 2.05) is 37.7 Å². The SMILES string of the molecule is CNc1cc(Cn2nc(C)c(Cl)c2C)ccn1. The normalized spacial score (nSPS) is 10.6. The molecule has 0 atom stereocenters. The first-order valence-electron chi connectivity index (χ1n) is 5.44. The van der Waals surface area contributed by atoms with Crippen LogP contribution in [0.5, 0.6) is 0 Å². The third kappa shape index (κ3) is 2.42. The zero-order valence-corrected chi connectivity index (χ0v) is 10.9. The van der Waals surface area contributed by atoms with Crippen LogP contribution in [0, 0.1) is 13.8 Å². The molecule has 0 amide bonds. The van der Waals surface area contributed by atoms with Crippen LogP contribution in [0.25, 0.3) is 0 Å². The average Bonchev–Trinajstić information content (AvgIpc) is 2.57. The average molecular weight is 251 g/mol. The largest absolute Gasteiger partial charge is 0.373 e. The number of hydrogen-bond acceptors (Lipinski definition) is 3. The van der Waals surface area contributed by atoms with Gasteiger partial charge in [0.1, 0.15) is 5.82 Å². The van der Waals surface area contributed by atoms with Crippen LogP contribution >= 0.6 is 11.6 Å². The van der Waals surface area contributed by atoms with E-state index in [0.717, 1.165) is 27.8 Å². The second kappa shape index (κ2) is 4.75. The Labute approximate surface area is 106 Å². The molecule has 0 aliphatic rings. The molecule has 0 fully saturated rings. The number of aryl methyl sites for hydroxylation is 1. The summed E-state index contributed by atoms with van der Waals surface area (Å²) in [5.74, 6) is 0.857. The molecule has 0 bridgehead atoms. The van der Waals surface area contributed by atoms with E-state index in [0.29, 0.717) is 6.54 Å². The van der Waals surface area contributed by atoms with E-state index < -0.39 is 0 Å². The van der Waals surface area contributed by atoms with E-state index in [4.69, 9.17) is 11.6 Å². The van der Waals surface area contributed by atoms with Crippen LogP contribution in [-0.2, 0) is 6.54 Å². The zero-order chi connectivity index (χ0) is 12.4. The van der Waals surface area contributed by atoms with Gasteiger partial charge in [0.25, 0.3) is 0 Å². The summed E-state index contributed by atoms with van der Waals surface area (Å²) in [4.78, 5) is 4.18. The van der Waals surface area contributed by atoms with Gasteiger partial charge in [0.2, 0.25) is 0 Å². The van der Waals surface area contributed by atoms with Crippen LogP contribution in [-0.4, -0.2) is 21.8 Å². The molecule has 2 heterocycles. The molecule has 0 aliphatic carbocycles. The van der Waals surface area contributed by atoms with Gasteiger partial charge in [-0.15, -0.1) is 0 Å². The van der Waals surface area contributed by atoms with Crippen molar-refractivity contribution in [3.8, 4) is 0 Å². The lowest BCUT2D eigenvalue weighted by atomic mass is 10.2. The molecule has 0 spiro atoms. The van der Waals surface area contributed by atoms with Gasteiger partial charge in [-0.25, -0.2) is 4.98 Å². The number of nitrogens with zero attached hydrogens (tertiary/aromatic N) is 3. The van der Waals surface area contributed by atoms with E-state index in [9.17, 15) is 0 Å². The lowest BCUT2D eigenvalue weighted by Crippen LogP contribution is -2.05. The smallest absolute Gasteiger partial charge is 0.125 e. The molecule has 0 aromatic carbocycles. The number of pyridine rings is 1. The summed E-state index contributed by atoms with van der Waals surface area (Å²) in [6, 6.07) is 3.98. The van der Waals surface area contributed by atoms with Gasteiger partial charge in [-0.3, -0.25) is 4.68 Å². The van der Waals surface area contributed by atoms with Gasteiger partial charge in [0.15, 0.2) is 0 Å². The molecular formula is C12H15ClN4. The number of halogens is 1. The molecule has 0 saturated heterocycles. The Balaban J connectivity index is 2.28. The molecule has 0 saturated carbocycles. The minimum Gasteiger partial charge on any atom is -0.373 e. The van der Waals surface area contributed by atoms with Crippen molar-refractivity contribution in [3.05, 3.63) is 40.3 Å². The molecule has 0 radical (unpaired) electrons. The van der Waals surface area contributed by atoms with Crippen molar-refractivity contribution < 1.29 is 0 Å². The number of nitrogens with one attached hydrogen (secondary N) is 1. The van der Waals surface area contributed by atoms with Crippen LogP contribution < -0.4 is 5.32 Å². The van der Waals surface area contributed by atoms with Crippen molar-refractivity contribution in [2.75, 3.05) is 12.4 Å². The highest BCUT2D eigenvalue weighted by Gasteiger charge is 2.09. The van der Waals surface area contributed by atoms with E-state index in [-0.39, 0.29) is 0 Å². The van der Waals surface area contributed by atoms with E-state index in [2.05, 4.69) is 15.4 Å². The molecule has 2 aromatic heterocycles. The van der Waals surface area contributed by atoms with E-state index in [1.165, 1.54) is 0 Å². The Hall–Kier alpha value is -1.55. The summed E-state index contributed by atoms with van der Waals surface area (Å²) in [6.07, 6.45) is 1.79. The second-order valence-electron chi connectivity index (χ2n) is 3.94. The first kappa shape index (κ1) is 11.9. The minimum absolute atomic E-state index is 0.705. The fourth-order valence-electron chi connectivity index (χ4n) is 1.71. The standard InChI is InChI=1S/C12H15ClN4/c1-8-12(13)9(2)17(16-8)7-10-4-5-15-11(6-10)14-3/h4-6H,7H2,1-3H3,(H,14,15). The summed E-state index contributed by atoms with van der Waals surface area (Å²) in [7, 11) is 1.85. The molecular weight excluding hydrogens is 236 g/mol. The Kier molecular flexibility index (Phi) is 3.33. The highest BCUT2D eigenvalue weighted by atomic mass is 35.5. The third-order valence-electron chi connectivity index (χ3n) is 2.71. The van der Waals surface area contributed by atoms with Gasteiger partial charge in [0.05, 0.1) is 23.0 Å². The summed E-state index contributed by atoms with van der Waals surface area (Å²) in [5.41, 5.74) is 3.01. The van der Waals surface area contributed by atoms with E-state index in [1.54, 1.807) is 6.20 Å². The predicted octanol–water partition coefficient (Wildman–Crippen LogP) is 2.64. The summed E-state index contributed by atoms with van der Waals surface area (Å²) in [6.45, 7) is 4.59. The maximum absolute atomic E-state index is 6.12. The van der Waals surface area contributed by atoms with Gasteiger partial charge in [-0.05, 0) is 31.5 Å². The van der Waals surface area contributed by atoms with Crippen LogP contribution in [0.15, 0.2) is 18.3 Å². The Bertz CT molecular complexity index is 533. The third-order valence-corrected chi connectivity index (χ3v) is 3.25. The van der Waals surface area contributed by atoms with Crippen molar-refractivity contribution in [2.45, 2.75) is 20.4 Å². The first-order valence-corrected chi connectivity index (χ1v) is 5.82. The Morgan fingerprint density at radius 2 is 2.18 bits per heavy atom. The molecule has 2 aromatic rings. The van der Waals surface area contributed by atoms with Crippen molar-refractivity contribution >= 4 is 17.4 Å². The van der Waals surface area contributed by atoms with E-state index >= 15 is 0 Å². The molecule has 5 heteroatoms. The zero-order valence-electron chi connectivity index (χ0n) is 10.2. The molecule has 0 aliphatic heterocycles. The van der Waals surface area contributed by atoms with Gasteiger partial charge < -0.3 is 5.32 Å². The van der Waals surface area contributed by atoms with Gasteiger partial charge in [-0.2, -0.15) is 5.10 Å². The van der Waals surface area contributed by atoms with Crippen molar-refractivity contribution in [2.24, 2.45) is 0 Å². The van der Waals surface area contributed by atoms with Gasteiger partial charge in [-0.1, -0.05) is 11.6 Å². The van der Waals surface area contributed by atoms with Gasteiger partial charge in [0, 0.05) is 13.2 Å². The van der Waals surface area contributed by atoms with Crippen LogP contribution in [0.2, 0.25) is 5.02 Å². The molecule has 1 N–H and O–H groups in total. The Morgan fingerprint density at radius 1 is 1.41 bits per heavy atom. The highest BCUT2D eigenvalue weighted by molar-refractivity contribution is 6.31. The predicted molar refractivity (Wildman–Crippen MR) is 69.6 cm³/mol. The monoisotopic (exact) mass is 250 g/mol. The maximum Gasteiger partial charge on any atom is 0.125 e. The fourth-order valence-corrected chi connectivity index (χ4v) is 1.85. The van der Waals surface area contributed by atoms with Gasteiger partial charge >= 0.3 is 0 Å². The maximum atomic E-state index is 6.12.